The van der Waals surface area contributed by atoms with Crippen molar-refractivity contribution in [2.75, 3.05) is 6.61 Å². The number of hydrogen-bond donors (Lipinski definition) is 1. The summed E-state index contributed by atoms with van der Waals surface area (Å²) in [5.74, 6) is 0.772. The number of nitrogens with one attached hydrogen (secondary N) is 1. The molecule has 1 aromatic carbocycles. The van der Waals surface area contributed by atoms with Crippen LogP contribution >= 0.6 is 15.9 Å². The highest BCUT2D eigenvalue weighted by molar-refractivity contribution is 9.10. The van der Waals surface area contributed by atoms with E-state index in [1.165, 1.54) is 0 Å². The summed E-state index contributed by atoms with van der Waals surface area (Å²) >= 11 is 3.43. The number of rotatable bonds is 4. The van der Waals surface area contributed by atoms with E-state index in [9.17, 15) is 4.79 Å². The lowest BCUT2D eigenvalue weighted by Gasteiger charge is -2.12. The topological polar surface area (TPSA) is 38.3 Å². The van der Waals surface area contributed by atoms with Crippen molar-refractivity contribution in [2.24, 2.45) is 0 Å². The molecule has 1 aromatic rings. The lowest BCUT2D eigenvalue weighted by molar-refractivity contribution is -0.123. The van der Waals surface area contributed by atoms with Crippen molar-refractivity contribution in [1.82, 2.24) is 5.32 Å². The van der Waals surface area contributed by atoms with Gasteiger partial charge in [-0.1, -0.05) is 15.9 Å². The molecule has 92 valence electrons. The standard InChI is InChI=1S/C13H16BrNO2/c1-8-5-10(14)6-9(2)13(8)17-7-12(16)15-11-3-4-11/h5-6,11H,3-4,7H2,1-2H3,(H,15,16). The molecule has 1 fully saturated rings. The molecule has 0 atom stereocenters. The molecule has 0 radical (unpaired) electrons. The summed E-state index contributed by atoms with van der Waals surface area (Å²) in [6.45, 7) is 4.05. The van der Waals surface area contributed by atoms with Gasteiger partial charge in [0.2, 0.25) is 0 Å². The van der Waals surface area contributed by atoms with E-state index in [-0.39, 0.29) is 12.5 Å². The Labute approximate surface area is 110 Å². The van der Waals surface area contributed by atoms with E-state index in [1.54, 1.807) is 0 Å². The zero-order chi connectivity index (χ0) is 12.4. The molecule has 17 heavy (non-hydrogen) atoms. The number of halogens is 1. The summed E-state index contributed by atoms with van der Waals surface area (Å²) in [5.41, 5.74) is 2.08. The average Bonchev–Trinajstić information content (AvgIpc) is 2.99. The maximum absolute atomic E-state index is 11.5. The largest absolute Gasteiger partial charge is 0.483 e. The van der Waals surface area contributed by atoms with Crippen LogP contribution in [0.3, 0.4) is 0 Å². The Morgan fingerprint density at radius 3 is 2.53 bits per heavy atom. The first-order chi connectivity index (χ1) is 8.06. The fourth-order valence-corrected chi connectivity index (χ4v) is 2.45. The van der Waals surface area contributed by atoms with Crippen LogP contribution in [0.2, 0.25) is 0 Å². The fourth-order valence-electron chi connectivity index (χ4n) is 1.76. The molecule has 0 aromatic heterocycles. The molecular formula is C13H16BrNO2. The number of hydrogen-bond acceptors (Lipinski definition) is 2. The molecule has 1 amide bonds. The summed E-state index contributed by atoms with van der Waals surface area (Å²) in [6.07, 6.45) is 2.20. The maximum Gasteiger partial charge on any atom is 0.258 e. The van der Waals surface area contributed by atoms with Crippen molar-refractivity contribution in [3.8, 4) is 5.75 Å². The molecule has 2 rings (SSSR count). The van der Waals surface area contributed by atoms with Crippen LogP contribution in [0.4, 0.5) is 0 Å². The van der Waals surface area contributed by atoms with Gasteiger partial charge in [0.15, 0.2) is 6.61 Å². The van der Waals surface area contributed by atoms with Crippen LogP contribution in [0, 0.1) is 13.8 Å². The van der Waals surface area contributed by atoms with E-state index < -0.39 is 0 Å². The molecule has 4 heteroatoms. The number of benzene rings is 1. The predicted molar refractivity (Wildman–Crippen MR) is 70.3 cm³/mol. The SMILES string of the molecule is Cc1cc(Br)cc(C)c1OCC(=O)NC1CC1. The van der Waals surface area contributed by atoms with Gasteiger partial charge in [-0.3, -0.25) is 4.79 Å². The summed E-state index contributed by atoms with van der Waals surface area (Å²) < 4.78 is 6.61. The summed E-state index contributed by atoms with van der Waals surface area (Å²) in [7, 11) is 0. The molecule has 3 nitrogen and oxygen atoms in total. The first kappa shape index (κ1) is 12.4. The third kappa shape index (κ3) is 3.46. The Bertz CT molecular complexity index is 418. The first-order valence-electron chi connectivity index (χ1n) is 5.75. The smallest absolute Gasteiger partial charge is 0.258 e. The Kier molecular flexibility index (Phi) is 3.72. The monoisotopic (exact) mass is 297 g/mol. The molecule has 0 heterocycles. The van der Waals surface area contributed by atoms with E-state index in [1.807, 2.05) is 26.0 Å². The average molecular weight is 298 g/mol. The van der Waals surface area contributed by atoms with E-state index >= 15 is 0 Å². The Morgan fingerprint density at radius 1 is 1.41 bits per heavy atom. The van der Waals surface area contributed by atoms with E-state index in [0.29, 0.717) is 6.04 Å². The zero-order valence-electron chi connectivity index (χ0n) is 10.0. The minimum Gasteiger partial charge on any atom is -0.483 e. The van der Waals surface area contributed by atoms with Gasteiger partial charge in [0, 0.05) is 10.5 Å². The Morgan fingerprint density at radius 2 is 2.00 bits per heavy atom. The van der Waals surface area contributed by atoms with Gasteiger partial charge in [0.05, 0.1) is 0 Å². The normalized spacial score (nSPS) is 14.5. The molecule has 0 unspecified atom stereocenters. The second-order valence-corrected chi connectivity index (χ2v) is 5.41. The van der Waals surface area contributed by atoms with Crippen molar-refractivity contribution in [2.45, 2.75) is 32.7 Å². The second kappa shape index (κ2) is 5.08. The molecule has 1 N–H and O–H groups in total. The van der Waals surface area contributed by atoms with Gasteiger partial charge in [-0.05, 0) is 49.9 Å². The highest BCUT2D eigenvalue weighted by Gasteiger charge is 2.23. The summed E-state index contributed by atoms with van der Waals surface area (Å²) in [5, 5.41) is 2.90. The van der Waals surface area contributed by atoms with Gasteiger partial charge in [-0.25, -0.2) is 0 Å². The van der Waals surface area contributed by atoms with Crippen LogP contribution in [0.15, 0.2) is 16.6 Å². The highest BCUT2D eigenvalue weighted by Crippen LogP contribution is 2.27. The van der Waals surface area contributed by atoms with Gasteiger partial charge in [0.25, 0.3) is 5.91 Å². The molecule has 1 aliphatic carbocycles. The van der Waals surface area contributed by atoms with Crippen molar-refractivity contribution in [3.05, 3.63) is 27.7 Å². The quantitative estimate of drug-likeness (QED) is 0.928. The molecule has 0 bridgehead atoms. The molecule has 1 aliphatic rings. The van der Waals surface area contributed by atoms with E-state index in [4.69, 9.17) is 4.74 Å². The van der Waals surface area contributed by atoms with Crippen molar-refractivity contribution < 1.29 is 9.53 Å². The van der Waals surface area contributed by atoms with Crippen molar-refractivity contribution >= 4 is 21.8 Å². The van der Waals surface area contributed by atoms with E-state index in [2.05, 4.69) is 21.2 Å². The minimum absolute atomic E-state index is 0.0331. The van der Waals surface area contributed by atoms with E-state index in [0.717, 1.165) is 34.2 Å². The van der Waals surface area contributed by atoms with Crippen LogP contribution in [0.25, 0.3) is 0 Å². The number of carbonyl (C=O) groups is 1. The molecule has 0 aliphatic heterocycles. The van der Waals surface area contributed by atoms with Gasteiger partial charge in [-0.15, -0.1) is 0 Å². The predicted octanol–water partition coefficient (Wildman–Crippen LogP) is 2.72. The lowest BCUT2D eigenvalue weighted by Crippen LogP contribution is -2.30. The van der Waals surface area contributed by atoms with Crippen LogP contribution in [0.5, 0.6) is 5.75 Å². The van der Waals surface area contributed by atoms with Crippen molar-refractivity contribution in [3.63, 3.8) is 0 Å². The first-order valence-corrected chi connectivity index (χ1v) is 6.54. The van der Waals surface area contributed by atoms with Gasteiger partial charge in [0.1, 0.15) is 5.75 Å². The Balaban J connectivity index is 1.95. The lowest BCUT2D eigenvalue weighted by atomic mass is 10.1. The molecular weight excluding hydrogens is 282 g/mol. The summed E-state index contributed by atoms with van der Waals surface area (Å²) in [6, 6.07) is 4.36. The molecule has 0 saturated heterocycles. The van der Waals surface area contributed by atoms with Gasteiger partial charge in [-0.2, -0.15) is 0 Å². The van der Waals surface area contributed by atoms with Crippen LogP contribution in [-0.4, -0.2) is 18.6 Å². The van der Waals surface area contributed by atoms with Gasteiger partial charge >= 0.3 is 0 Å². The number of amides is 1. The third-order valence-corrected chi connectivity index (χ3v) is 3.17. The Hall–Kier alpha value is -1.03. The van der Waals surface area contributed by atoms with Crippen LogP contribution < -0.4 is 10.1 Å². The van der Waals surface area contributed by atoms with Crippen molar-refractivity contribution in [1.29, 1.82) is 0 Å². The zero-order valence-corrected chi connectivity index (χ0v) is 11.6. The molecule has 1 saturated carbocycles. The fraction of sp³-hybridized carbons (Fsp3) is 0.462. The van der Waals surface area contributed by atoms with Crippen LogP contribution in [-0.2, 0) is 4.79 Å². The van der Waals surface area contributed by atoms with Gasteiger partial charge < -0.3 is 10.1 Å². The number of aryl methyl sites for hydroxylation is 2. The molecule has 0 spiro atoms. The minimum atomic E-state index is -0.0331. The number of ether oxygens (including phenoxy) is 1. The third-order valence-electron chi connectivity index (χ3n) is 2.72. The summed E-state index contributed by atoms with van der Waals surface area (Å²) in [4.78, 5) is 11.5. The highest BCUT2D eigenvalue weighted by atomic mass is 79.9. The maximum atomic E-state index is 11.5. The number of carbonyl (C=O) groups excluding carboxylic acids is 1. The second-order valence-electron chi connectivity index (χ2n) is 4.50. The van der Waals surface area contributed by atoms with Crippen LogP contribution in [0.1, 0.15) is 24.0 Å².